The molecule has 0 aliphatic heterocycles. The quantitative estimate of drug-likeness (QED) is 0.862. The molecule has 0 saturated carbocycles. The van der Waals surface area contributed by atoms with E-state index in [9.17, 15) is 0 Å². The van der Waals surface area contributed by atoms with Gasteiger partial charge in [0.05, 0.1) is 5.69 Å². The number of aromatic nitrogens is 1. The van der Waals surface area contributed by atoms with E-state index in [0.29, 0.717) is 18.4 Å². The molecule has 0 unspecified atom stereocenters. The number of rotatable bonds is 6. The van der Waals surface area contributed by atoms with Gasteiger partial charge in [-0.2, -0.15) is 0 Å². The summed E-state index contributed by atoms with van der Waals surface area (Å²) in [6.45, 7) is 18.4. The number of hydrogen-bond donors (Lipinski definition) is 1. The second-order valence-electron chi connectivity index (χ2n) is 7.42. The van der Waals surface area contributed by atoms with Gasteiger partial charge in [0.1, 0.15) is 0 Å². The summed E-state index contributed by atoms with van der Waals surface area (Å²) in [5.74, 6) is 1.27. The maximum Gasteiger partial charge on any atom is 0.185 e. The van der Waals surface area contributed by atoms with E-state index in [1.807, 2.05) is 0 Å². The lowest BCUT2D eigenvalue weighted by Gasteiger charge is -2.26. The van der Waals surface area contributed by atoms with Crippen LogP contribution in [0.2, 0.25) is 0 Å². The highest BCUT2D eigenvalue weighted by Crippen LogP contribution is 2.34. The van der Waals surface area contributed by atoms with E-state index in [-0.39, 0.29) is 5.41 Å². The van der Waals surface area contributed by atoms with Crippen molar-refractivity contribution in [2.45, 2.75) is 60.4 Å². The Hall–Kier alpha value is -0.610. The SMILES string of the molecule is CC(C)CN(CC(C)C)c1nc(C(C)(C)C)c(CN)s1. The topological polar surface area (TPSA) is 42.2 Å². The summed E-state index contributed by atoms with van der Waals surface area (Å²) in [5, 5.41) is 1.14. The minimum atomic E-state index is 0.0603. The van der Waals surface area contributed by atoms with Gasteiger partial charge >= 0.3 is 0 Å². The first-order chi connectivity index (χ1) is 9.15. The summed E-state index contributed by atoms with van der Waals surface area (Å²) in [6.07, 6.45) is 0. The van der Waals surface area contributed by atoms with Crippen LogP contribution in [0.3, 0.4) is 0 Å². The third-order valence-electron chi connectivity index (χ3n) is 3.02. The van der Waals surface area contributed by atoms with E-state index in [4.69, 9.17) is 10.7 Å². The predicted molar refractivity (Wildman–Crippen MR) is 90.6 cm³/mol. The molecule has 0 amide bonds. The van der Waals surface area contributed by atoms with Gasteiger partial charge in [0.15, 0.2) is 5.13 Å². The molecule has 0 atom stereocenters. The van der Waals surface area contributed by atoms with Gasteiger partial charge < -0.3 is 10.6 Å². The second kappa shape index (κ2) is 6.90. The fourth-order valence-corrected chi connectivity index (χ4v) is 3.48. The molecule has 116 valence electrons. The molecule has 0 fully saturated rings. The van der Waals surface area contributed by atoms with Crippen molar-refractivity contribution < 1.29 is 0 Å². The predicted octanol–water partition coefficient (Wildman–Crippen LogP) is 4.02. The first kappa shape index (κ1) is 17.4. The smallest absolute Gasteiger partial charge is 0.185 e. The van der Waals surface area contributed by atoms with Crippen LogP contribution in [0, 0.1) is 11.8 Å². The van der Waals surface area contributed by atoms with Crippen LogP contribution < -0.4 is 10.6 Å². The van der Waals surface area contributed by atoms with Crippen LogP contribution in [0.25, 0.3) is 0 Å². The lowest BCUT2D eigenvalue weighted by atomic mass is 9.91. The Kier molecular flexibility index (Phi) is 6.02. The summed E-state index contributed by atoms with van der Waals surface area (Å²) in [6, 6.07) is 0. The van der Waals surface area contributed by atoms with Crippen molar-refractivity contribution in [3.8, 4) is 0 Å². The van der Waals surface area contributed by atoms with Gasteiger partial charge in [-0.1, -0.05) is 48.5 Å². The van der Waals surface area contributed by atoms with Crippen molar-refractivity contribution in [2.75, 3.05) is 18.0 Å². The summed E-state index contributed by atoms with van der Waals surface area (Å²) >= 11 is 1.77. The monoisotopic (exact) mass is 297 g/mol. The molecule has 0 spiro atoms. The van der Waals surface area contributed by atoms with E-state index in [1.165, 1.54) is 4.88 Å². The molecule has 1 rings (SSSR count). The minimum absolute atomic E-state index is 0.0603. The van der Waals surface area contributed by atoms with Crippen molar-refractivity contribution in [3.63, 3.8) is 0 Å². The Bertz CT molecular complexity index is 406. The Morgan fingerprint density at radius 2 is 1.60 bits per heavy atom. The van der Waals surface area contributed by atoms with Crippen LogP contribution in [0.4, 0.5) is 5.13 Å². The highest BCUT2D eigenvalue weighted by molar-refractivity contribution is 7.15. The normalized spacial score (nSPS) is 12.5. The Balaban J connectivity index is 3.10. The minimum Gasteiger partial charge on any atom is -0.348 e. The van der Waals surface area contributed by atoms with E-state index in [2.05, 4.69) is 53.4 Å². The Morgan fingerprint density at radius 1 is 1.10 bits per heavy atom. The van der Waals surface area contributed by atoms with Crippen LogP contribution in [0.5, 0.6) is 0 Å². The molecule has 1 heterocycles. The third kappa shape index (κ3) is 4.74. The lowest BCUT2D eigenvalue weighted by Crippen LogP contribution is -2.31. The largest absolute Gasteiger partial charge is 0.348 e. The van der Waals surface area contributed by atoms with E-state index >= 15 is 0 Å². The maximum atomic E-state index is 5.92. The molecule has 1 aromatic heterocycles. The Labute approximate surface area is 128 Å². The highest BCUT2D eigenvalue weighted by atomic mass is 32.1. The van der Waals surface area contributed by atoms with Gasteiger partial charge in [0.2, 0.25) is 0 Å². The van der Waals surface area contributed by atoms with Crippen LogP contribution in [-0.4, -0.2) is 18.1 Å². The summed E-state index contributed by atoms with van der Waals surface area (Å²) in [4.78, 5) is 8.58. The molecule has 0 aromatic carbocycles. The van der Waals surface area contributed by atoms with Crippen molar-refractivity contribution in [1.29, 1.82) is 0 Å². The van der Waals surface area contributed by atoms with Crippen molar-refractivity contribution in [3.05, 3.63) is 10.6 Å². The van der Waals surface area contributed by atoms with E-state index in [0.717, 1.165) is 23.9 Å². The van der Waals surface area contributed by atoms with Crippen LogP contribution >= 0.6 is 11.3 Å². The molecule has 0 saturated heterocycles. The zero-order valence-electron chi connectivity index (χ0n) is 14.2. The second-order valence-corrected chi connectivity index (χ2v) is 8.48. The molecule has 4 heteroatoms. The van der Waals surface area contributed by atoms with Gasteiger partial charge in [0, 0.05) is 29.9 Å². The van der Waals surface area contributed by atoms with Gasteiger partial charge in [-0.15, -0.1) is 11.3 Å². The molecule has 1 aromatic rings. The zero-order chi connectivity index (χ0) is 15.5. The van der Waals surface area contributed by atoms with Gasteiger partial charge in [0.25, 0.3) is 0 Å². The van der Waals surface area contributed by atoms with Crippen LogP contribution in [0.1, 0.15) is 59.0 Å². The fraction of sp³-hybridized carbons (Fsp3) is 0.812. The maximum absolute atomic E-state index is 5.92. The first-order valence-electron chi connectivity index (χ1n) is 7.60. The number of thiazole rings is 1. The van der Waals surface area contributed by atoms with E-state index in [1.54, 1.807) is 11.3 Å². The van der Waals surface area contributed by atoms with Crippen molar-refractivity contribution >= 4 is 16.5 Å². The van der Waals surface area contributed by atoms with E-state index < -0.39 is 0 Å². The molecule has 0 aliphatic carbocycles. The standard InChI is InChI=1S/C16H31N3S/c1-11(2)9-19(10-12(3)4)15-18-14(16(5,6)7)13(8-17)20-15/h11-12H,8-10,17H2,1-7H3. The number of hydrogen-bond acceptors (Lipinski definition) is 4. The average molecular weight is 298 g/mol. The molecular weight excluding hydrogens is 266 g/mol. The summed E-state index contributed by atoms with van der Waals surface area (Å²) < 4.78 is 0. The molecule has 20 heavy (non-hydrogen) atoms. The molecule has 0 bridgehead atoms. The van der Waals surface area contributed by atoms with Gasteiger partial charge in [-0.25, -0.2) is 4.98 Å². The van der Waals surface area contributed by atoms with Crippen LogP contribution in [-0.2, 0) is 12.0 Å². The molecule has 3 nitrogen and oxygen atoms in total. The van der Waals surface area contributed by atoms with Crippen LogP contribution in [0.15, 0.2) is 0 Å². The molecule has 0 radical (unpaired) electrons. The molecule has 2 N–H and O–H groups in total. The fourth-order valence-electron chi connectivity index (χ4n) is 2.31. The number of nitrogens with two attached hydrogens (primary N) is 1. The first-order valence-corrected chi connectivity index (χ1v) is 8.42. The number of nitrogens with zero attached hydrogens (tertiary/aromatic N) is 2. The summed E-state index contributed by atoms with van der Waals surface area (Å²) in [7, 11) is 0. The van der Waals surface area contributed by atoms with Crippen molar-refractivity contribution in [2.24, 2.45) is 17.6 Å². The average Bonchev–Trinajstić information content (AvgIpc) is 2.70. The van der Waals surface area contributed by atoms with Gasteiger partial charge in [-0.05, 0) is 11.8 Å². The van der Waals surface area contributed by atoms with Gasteiger partial charge in [-0.3, -0.25) is 0 Å². The number of anilines is 1. The lowest BCUT2D eigenvalue weighted by molar-refractivity contribution is 0.543. The molecular formula is C16H31N3S. The molecule has 0 aliphatic rings. The zero-order valence-corrected chi connectivity index (χ0v) is 15.0. The van der Waals surface area contributed by atoms with Crippen molar-refractivity contribution in [1.82, 2.24) is 4.98 Å². The summed E-state index contributed by atoms with van der Waals surface area (Å²) in [5.41, 5.74) is 7.14. The third-order valence-corrected chi connectivity index (χ3v) is 4.16. The highest BCUT2D eigenvalue weighted by Gasteiger charge is 2.24. The Morgan fingerprint density at radius 3 is 1.90 bits per heavy atom.